The van der Waals surface area contributed by atoms with Crippen molar-refractivity contribution in [1.82, 2.24) is 0 Å². The molecule has 1 saturated carbocycles. The van der Waals surface area contributed by atoms with Crippen LogP contribution in [-0.2, 0) is 4.43 Å². The van der Waals surface area contributed by atoms with Crippen molar-refractivity contribution < 1.29 is 14.2 Å². The van der Waals surface area contributed by atoms with Crippen LogP contribution in [-0.4, -0.2) is 32.6 Å². The smallest absolute Gasteiger partial charge is 0.406 e. The molecule has 0 amide bonds. The van der Waals surface area contributed by atoms with Crippen LogP contribution in [0.3, 0.4) is 0 Å². The molecule has 0 spiro atoms. The molecule has 1 aliphatic carbocycles. The average molecular weight is 413 g/mol. The molecule has 0 atom stereocenters. The molecule has 0 aliphatic heterocycles. The Kier molecular flexibility index (Phi) is 6.66. The molecule has 0 heterocycles. The Morgan fingerprint density at radius 1 is 1.00 bits per heavy atom. The summed E-state index contributed by atoms with van der Waals surface area (Å²) < 4.78 is 13.0. The summed E-state index contributed by atoms with van der Waals surface area (Å²) in [6.07, 6.45) is 4.63. The number of hydrogen-bond acceptors (Lipinski definition) is 4. The van der Waals surface area contributed by atoms with E-state index in [-0.39, 0.29) is 11.1 Å². The minimum atomic E-state index is -1.72. The maximum Gasteiger partial charge on any atom is 0.406 e. The zero-order chi connectivity index (χ0) is 21.2. The van der Waals surface area contributed by atoms with E-state index in [1.807, 2.05) is 12.1 Å². The molecule has 29 heavy (non-hydrogen) atoms. The first-order valence-electron chi connectivity index (χ1n) is 10.9. The van der Waals surface area contributed by atoms with Crippen molar-refractivity contribution in [2.24, 2.45) is 0 Å². The van der Waals surface area contributed by atoms with Crippen molar-refractivity contribution in [3.05, 3.63) is 36.4 Å². The number of ether oxygens (including phenoxy) is 1. The van der Waals surface area contributed by atoms with Gasteiger partial charge in [-0.1, -0.05) is 45.0 Å². The van der Waals surface area contributed by atoms with Gasteiger partial charge in [-0.15, -0.1) is 0 Å². The lowest BCUT2D eigenvalue weighted by Gasteiger charge is -2.41. The van der Waals surface area contributed by atoms with Gasteiger partial charge in [0.1, 0.15) is 5.75 Å². The first kappa shape index (κ1) is 22.2. The molecule has 2 aromatic rings. The molecule has 1 aliphatic rings. The Morgan fingerprint density at radius 3 is 2.10 bits per heavy atom. The zero-order valence-electron chi connectivity index (χ0n) is 18.8. The molecule has 0 radical (unpaired) electrons. The lowest BCUT2D eigenvalue weighted by Crippen LogP contribution is -2.45. The van der Waals surface area contributed by atoms with Gasteiger partial charge in [0.25, 0.3) is 0 Å². The molecule has 0 saturated heterocycles. The molecule has 158 valence electrons. The fourth-order valence-electron chi connectivity index (χ4n) is 3.70. The first-order valence-corrected chi connectivity index (χ1v) is 13.8. The van der Waals surface area contributed by atoms with Crippen molar-refractivity contribution in [1.29, 1.82) is 0 Å². The molecule has 0 unspecified atom stereocenters. The van der Waals surface area contributed by atoms with E-state index >= 15 is 0 Å². The minimum Gasteiger partial charge on any atom is -0.488 e. The summed E-state index contributed by atoms with van der Waals surface area (Å²) >= 11 is 0. The van der Waals surface area contributed by atoms with E-state index in [2.05, 4.69) is 63.4 Å². The number of fused-ring (bicyclic) bond motifs is 1. The second-order valence-corrected chi connectivity index (χ2v) is 14.7. The van der Waals surface area contributed by atoms with Crippen LogP contribution in [0.25, 0.3) is 10.8 Å². The molecule has 6 heteroatoms. The maximum absolute atomic E-state index is 9.84. The van der Waals surface area contributed by atoms with E-state index in [1.54, 1.807) is 6.82 Å². The standard InChI is InChI=1S/C23H36BNO3Si/c1-23(2,3)29(5,6)28-20-13-11-19(12-14-20)27-22-16-18-10-8-7-9-17(18)15-21(22)25-24(4)26/h7-10,15-16,19-20,25-26H,11-14H2,1-6H3. The fraction of sp³-hybridized carbons (Fsp3) is 0.565. The number of nitrogens with one attached hydrogen (secondary N) is 1. The number of rotatable bonds is 6. The summed E-state index contributed by atoms with van der Waals surface area (Å²) in [5.41, 5.74) is 0.846. The summed E-state index contributed by atoms with van der Waals surface area (Å²) in [6, 6.07) is 12.4. The summed E-state index contributed by atoms with van der Waals surface area (Å²) in [5.74, 6) is 0.818. The SMILES string of the molecule is CB(O)Nc1cc2ccccc2cc1OC1CCC(O[Si](C)(C)C(C)(C)C)CC1. The second kappa shape index (κ2) is 8.70. The molecule has 3 rings (SSSR count). The van der Waals surface area contributed by atoms with Gasteiger partial charge in [-0.2, -0.15) is 0 Å². The van der Waals surface area contributed by atoms with Crippen molar-refractivity contribution in [3.8, 4) is 5.75 Å². The predicted octanol–water partition coefficient (Wildman–Crippen LogP) is 6.07. The third-order valence-electron chi connectivity index (χ3n) is 6.39. The molecular weight excluding hydrogens is 377 g/mol. The summed E-state index contributed by atoms with van der Waals surface area (Å²) in [5, 5.41) is 15.5. The third kappa shape index (κ3) is 5.56. The van der Waals surface area contributed by atoms with Crippen LogP contribution < -0.4 is 9.96 Å². The second-order valence-electron chi connectivity index (χ2n) is 9.91. The van der Waals surface area contributed by atoms with Crippen LogP contribution in [0.1, 0.15) is 46.5 Å². The highest BCUT2D eigenvalue weighted by Crippen LogP contribution is 2.40. The van der Waals surface area contributed by atoms with Crippen LogP contribution in [0, 0.1) is 0 Å². The Bertz CT molecular complexity index is 826. The van der Waals surface area contributed by atoms with E-state index < -0.39 is 15.4 Å². The highest BCUT2D eigenvalue weighted by atomic mass is 28.4. The topological polar surface area (TPSA) is 50.7 Å². The summed E-state index contributed by atoms with van der Waals surface area (Å²) in [7, 11) is -2.36. The van der Waals surface area contributed by atoms with Crippen molar-refractivity contribution >= 4 is 31.8 Å². The van der Waals surface area contributed by atoms with Crippen LogP contribution >= 0.6 is 0 Å². The zero-order valence-corrected chi connectivity index (χ0v) is 19.8. The van der Waals surface area contributed by atoms with Gasteiger partial charge in [-0.3, -0.25) is 0 Å². The monoisotopic (exact) mass is 413 g/mol. The number of anilines is 1. The third-order valence-corrected chi connectivity index (χ3v) is 10.9. The van der Waals surface area contributed by atoms with E-state index in [4.69, 9.17) is 9.16 Å². The van der Waals surface area contributed by atoms with E-state index in [1.165, 1.54) is 0 Å². The number of benzene rings is 2. The van der Waals surface area contributed by atoms with Gasteiger partial charge < -0.3 is 19.4 Å². The molecule has 0 aromatic heterocycles. The number of hydrogen-bond donors (Lipinski definition) is 2. The van der Waals surface area contributed by atoms with Crippen LogP contribution in [0.4, 0.5) is 5.69 Å². The quantitative estimate of drug-likeness (QED) is 0.564. The molecular formula is C23H36BNO3Si. The summed E-state index contributed by atoms with van der Waals surface area (Å²) in [4.78, 5) is 0. The van der Waals surface area contributed by atoms with Gasteiger partial charge in [0.15, 0.2) is 8.32 Å². The van der Waals surface area contributed by atoms with Crippen LogP contribution in [0.5, 0.6) is 5.75 Å². The lowest BCUT2D eigenvalue weighted by molar-refractivity contribution is 0.0730. The molecule has 2 aromatic carbocycles. The highest BCUT2D eigenvalue weighted by Gasteiger charge is 2.40. The largest absolute Gasteiger partial charge is 0.488 e. The molecule has 4 nitrogen and oxygen atoms in total. The van der Waals surface area contributed by atoms with Crippen molar-refractivity contribution in [2.45, 2.75) is 83.6 Å². The van der Waals surface area contributed by atoms with Gasteiger partial charge in [-0.05, 0) is 73.5 Å². The molecule has 2 N–H and O–H groups in total. The van der Waals surface area contributed by atoms with E-state index in [9.17, 15) is 5.02 Å². The van der Waals surface area contributed by atoms with Crippen LogP contribution in [0.2, 0.25) is 25.0 Å². The Balaban J connectivity index is 1.67. The van der Waals surface area contributed by atoms with E-state index in [0.717, 1.165) is 47.9 Å². The Morgan fingerprint density at radius 2 is 1.55 bits per heavy atom. The van der Waals surface area contributed by atoms with Crippen molar-refractivity contribution in [2.75, 3.05) is 5.23 Å². The van der Waals surface area contributed by atoms with E-state index in [0.29, 0.717) is 6.10 Å². The summed E-state index contributed by atoms with van der Waals surface area (Å²) in [6.45, 7) is 13.3. The van der Waals surface area contributed by atoms with Gasteiger partial charge in [0.05, 0.1) is 11.8 Å². The minimum absolute atomic E-state index is 0.185. The maximum atomic E-state index is 9.84. The van der Waals surface area contributed by atoms with Gasteiger partial charge >= 0.3 is 7.05 Å². The normalized spacial score (nSPS) is 20.5. The van der Waals surface area contributed by atoms with Gasteiger partial charge in [-0.25, -0.2) is 0 Å². The first-order chi connectivity index (χ1) is 13.5. The fourth-order valence-corrected chi connectivity index (χ4v) is 5.12. The Labute approximate surface area is 177 Å². The van der Waals surface area contributed by atoms with Gasteiger partial charge in [0.2, 0.25) is 0 Å². The van der Waals surface area contributed by atoms with Gasteiger partial charge in [0, 0.05) is 6.10 Å². The predicted molar refractivity (Wildman–Crippen MR) is 126 cm³/mol. The molecule has 0 bridgehead atoms. The highest BCUT2D eigenvalue weighted by molar-refractivity contribution is 6.74. The van der Waals surface area contributed by atoms with Crippen molar-refractivity contribution in [3.63, 3.8) is 0 Å². The van der Waals surface area contributed by atoms with Crippen LogP contribution in [0.15, 0.2) is 36.4 Å². The molecule has 1 fully saturated rings. The Hall–Kier alpha value is -1.50. The lowest BCUT2D eigenvalue weighted by atomic mass is 9.88. The average Bonchev–Trinajstić information content (AvgIpc) is 2.62.